The molecule has 0 bridgehead atoms. The second kappa shape index (κ2) is 5.23. The van der Waals surface area contributed by atoms with Gasteiger partial charge in [0, 0.05) is 6.20 Å². The summed E-state index contributed by atoms with van der Waals surface area (Å²) >= 11 is 0. The number of aromatic nitrogens is 1. The van der Waals surface area contributed by atoms with Crippen molar-refractivity contribution in [2.45, 2.75) is 19.0 Å². The molecule has 0 aliphatic heterocycles. The van der Waals surface area contributed by atoms with Crippen molar-refractivity contribution in [1.29, 1.82) is 0 Å². The van der Waals surface area contributed by atoms with Crippen molar-refractivity contribution in [2.24, 2.45) is 11.8 Å². The van der Waals surface area contributed by atoms with Gasteiger partial charge >= 0.3 is 12.1 Å². The minimum atomic E-state index is -4.66. The number of aromatic amines is 1. The number of rotatable bonds is 3. The lowest BCUT2D eigenvalue weighted by molar-refractivity contribution is -0.151. The summed E-state index contributed by atoms with van der Waals surface area (Å²) in [7, 11) is 0. The van der Waals surface area contributed by atoms with Crippen LogP contribution in [0.1, 0.15) is 18.4 Å². The largest absolute Gasteiger partial charge is 0.481 e. The van der Waals surface area contributed by atoms with E-state index in [0.29, 0.717) is 25.1 Å². The molecule has 0 radical (unpaired) electrons. The summed E-state index contributed by atoms with van der Waals surface area (Å²) in [6.07, 6.45) is -3.52. The van der Waals surface area contributed by atoms with Gasteiger partial charge in [0.25, 0.3) is 5.56 Å². The molecule has 3 N–H and O–H groups in total. The summed E-state index contributed by atoms with van der Waals surface area (Å²) in [5.41, 5.74) is -2.55. The molecule has 0 aromatic carbocycles. The van der Waals surface area contributed by atoms with Crippen molar-refractivity contribution in [2.75, 3.05) is 5.32 Å². The Kier molecular flexibility index (Phi) is 3.75. The predicted octanol–water partition coefficient (Wildman–Crippen LogP) is 1.44. The van der Waals surface area contributed by atoms with Crippen molar-refractivity contribution < 1.29 is 27.9 Å². The number of carboxylic acid groups (broad SMARTS) is 1. The van der Waals surface area contributed by atoms with E-state index in [1.54, 1.807) is 0 Å². The third kappa shape index (κ3) is 3.06. The van der Waals surface area contributed by atoms with Crippen molar-refractivity contribution in [3.05, 3.63) is 28.2 Å². The van der Waals surface area contributed by atoms with Crippen molar-refractivity contribution in [1.82, 2.24) is 4.98 Å². The minimum absolute atomic E-state index is 0.319. The number of hydrogen-bond donors (Lipinski definition) is 3. The number of alkyl halides is 3. The molecule has 21 heavy (non-hydrogen) atoms. The van der Waals surface area contributed by atoms with E-state index < -0.39 is 46.7 Å². The first-order valence-electron chi connectivity index (χ1n) is 6.03. The number of carboxylic acids is 1. The number of pyridine rings is 1. The van der Waals surface area contributed by atoms with Crippen LogP contribution in [0.5, 0.6) is 0 Å². The summed E-state index contributed by atoms with van der Waals surface area (Å²) in [4.78, 5) is 35.9. The zero-order chi connectivity index (χ0) is 15.8. The summed E-state index contributed by atoms with van der Waals surface area (Å²) in [6.45, 7) is 0. The van der Waals surface area contributed by atoms with Gasteiger partial charge in [-0.15, -0.1) is 0 Å². The number of anilines is 1. The number of carbonyl (C=O) groups is 2. The van der Waals surface area contributed by atoms with E-state index in [1.165, 1.54) is 0 Å². The Labute approximate surface area is 116 Å². The molecule has 1 aromatic rings. The molecule has 0 spiro atoms. The molecule has 1 heterocycles. The van der Waals surface area contributed by atoms with Crippen LogP contribution in [0, 0.1) is 11.8 Å². The smallest absolute Gasteiger partial charge is 0.417 e. The molecule has 114 valence electrons. The number of H-pyrrole nitrogens is 1. The maximum Gasteiger partial charge on any atom is 0.417 e. The van der Waals surface area contributed by atoms with Crippen LogP contribution in [-0.2, 0) is 15.8 Å². The number of halogens is 3. The Morgan fingerprint density at radius 3 is 2.38 bits per heavy atom. The van der Waals surface area contributed by atoms with Gasteiger partial charge in [0.05, 0.1) is 17.4 Å². The van der Waals surface area contributed by atoms with Crippen LogP contribution in [0.3, 0.4) is 0 Å². The Balaban J connectivity index is 2.18. The van der Waals surface area contributed by atoms with Gasteiger partial charge in [-0.05, 0) is 18.9 Å². The maximum absolute atomic E-state index is 12.5. The molecule has 0 saturated heterocycles. The van der Waals surface area contributed by atoms with Gasteiger partial charge in [-0.2, -0.15) is 13.2 Å². The second-order valence-corrected chi connectivity index (χ2v) is 4.75. The molecule has 2 rings (SSSR count). The van der Waals surface area contributed by atoms with Crippen LogP contribution >= 0.6 is 0 Å². The normalized spacial score (nSPS) is 21.5. The van der Waals surface area contributed by atoms with Crippen molar-refractivity contribution in [3.63, 3.8) is 0 Å². The number of hydrogen-bond acceptors (Lipinski definition) is 3. The average molecular weight is 304 g/mol. The Morgan fingerprint density at radius 2 is 1.90 bits per heavy atom. The predicted molar refractivity (Wildman–Crippen MR) is 64.5 cm³/mol. The number of carbonyl (C=O) groups excluding carboxylic acids is 1. The summed E-state index contributed by atoms with van der Waals surface area (Å²) in [5, 5.41) is 10.9. The molecule has 6 nitrogen and oxygen atoms in total. The van der Waals surface area contributed by atoms with Crippen LogP contribution in [0.15, 0.2) is 17.1 Å². The Hall–Kier alpha value is -2.32. The van der Waals surface area contributed by atoms with E-state index in [4.69, 9.17) is 5.11 Å². The van der Waals surface area contributed by atoms with E-state index in [-0.39, 0.29) is 0 Å². The van der Waals surface area contributed by atoms with Gasteiger partial charge in [0.1, 0.15) is 5.69 Å². The molecule has 2 unspecified atom stereocenters. The van der Waals surface area contributed by atoms with Gasteiger partial charge in [-0.25, -0.2) is 0 Å². The van der Waals surface area contributed by atoms with Crippen molar-refractivity contribution >= 4 is 17.6 Å². The van der Waals surface area contributed by atoms with Crippen LogP contribution < -0.4 is 10.9 Å². The molecule has 2 atom stereocenters. The number of nitrogens with one attached hydrogen (secondary N) is 2. The van der Waals surface area contributed by atoms with Gasteiger partial charge in [-0.3, -0.25) is 14.4 Å². The van der Waals surface area contributed by atoms with E-state index in [0.717, 1.165) is 0 Å². The van der Waals surface area contributed by atoms with Crippen LogP contribution in [0.25, 0.3) is 0 Å². The lowest BCUT2D eigenvalue weighted by atomic mass is 9.73. The monoisotopic (exact) mass is 304 g/mol. The van der Waals surface area contributed by atoms with E-state index in [1.807, 2.05) is 4.98 Å². The van der Waals surface area contributed by atoms with Crippen molar-refractivity contribution in [3.8, 4) is 0 Å². The maximum atomic E-state index is 12.5. The zero-order valence-electron chi connectivity index (χ0n) is 10.5. The Bertz CT molecular complexity index is 638. The van der Waals surface area contributed by atoms with Gasteiger partial charge in [0.2, 0.25) is 5.91 Å². The molecule has 1 aromatic heterocycles. The standard InChI is InChI=1S/C12H11F3N2O4/c13-12(14,15)5-3-8(10(19)16-4-5)17-9(18)6-1-2-7(6)11(20)21/h3-4,6-7H,1-2H2,(H,16,19)(H,17,18)(H,20,21). The van der Waals surface area contributed by atoms with Gasteiger partial charge in [-0.1, -0.05) is 0 Å². The third-order valence-corrected chi connectivity index (χ3v) is 3.42. The number of amides is 1. The fraction of sp³-hybridized carbons (Fsp3) is 0.417. The quantitative estimate of drug-likeness (QED) is 0.787. The first kappa shape index (κ1) is 15.1. The van der Waals surface area contributed by atoms with Gasteiger partial charge < -0.3 is 15.4 Å². The molecular formula is C12H11F3N2O4. The highest BCUT2D eigenvalue weighted by Crippen LogP contribution is 2.35. The zero-order valence-corrected chi connectivity index (χ0v) is 10.5. The fourth-order valence-corrected chi connectivity index (χ4v) is 2.08. The molecule has 1 fully saturated rings. The molecular weight excluding hydrogens is 293 g/mol. The van der Waals surface area contributed by atoms with Crippen LogP contribution in [0.4, 0.5) is 18.9 Å². The van der Waals surface area contributed by atoms with E-state index in [9.17, 15) is 27.6 Å². The molecule has 1 aliphatic carbocycles. The highest BCUT2D eigenvalue weighted by atomic mass is 19.4. The third-order valence-electron chi connectivity index (χ3n) is 3.42. The number of aliphatic carboxylic acids is 1. The highest BCUT2D eigenvalue weighted by molar-refractivity contribution is 5.96. The average Bonchev–Trinajstić information content (AvgIpc) is 2.28. The van der Waals surface area contributed by atoms with E-state index >= 15 is 0 Å². The van der Waals surface area contributed by atoms with Crippen LogP contribution in [0.2, 0.25) is 0 Å². The Morgan fingerprint density at radius 1 is 1.29 bits per heavy atom. The molecule has 9 heteroatoms. The first-order chi connectivity index (χ1) is 9.70. The highest BCUT2D eigenvalue weighted by Gasteiger charge is 2.41. The topological polar surface area (TPSA) is 99.3 Å². The minimum Gasteiger partial charge on any atom is -0.481 e. The summed E-state index contributed by atoms with van der Waals surface area (Å²) in [5.74, 6) is -3.61. The summed E-state index contributed by atoms with van der Waals surface area (Å²) < 4.78 is 37.6. The molecule has 1 saturated carbocycles. The van der Waals surface area contributed by atoms with Crippen LogP contribution in [-0.4, -0.2) is 22.0 Å². The fourth-order valence-electron chi connectivity index (χ4n) is 2.08. The second-order valence-electron chi connectivity index (χ2n) is 4.75. The van der Waals surface area contributed by atoms with Gasteiger partial charge in [0.15, 0.2) is 0 Å². The van der Waals surface area contributed by atoms with E-state index in [2.05, 4.69) is 5.32 Å². The molecule has 1 aliphatic rings. The first-order valence-corrected chi connectivity index (χ1v) is 6.03. The summed E-state index contributed by atoms with van der Waals surface area (Å²) in [6, 6.07) is 0.519. The SMILES string of the molecule is O=C(O)C1CCC1C(=O)Nc1cc(C(F)(F)F)c[nH]c1=O. The lowest BCUT2D eigenvalue weighted by Crippen LogP contribution is -2.41. The lowest BCUT2D eigenvalue weighted by Gasteiger charge is -2.31. The molecule has 1 amide bonds.